The molecule has 0 bridgehead atoms. The molecule has 1 aromatic heterocycles. The normalized spacial score (nSPS) is 20.0. The molecule has 1 amide bonds. The molecule has 1 saturated carbocycles. The molecular weight excluding hydrogens is 401 g/mol. The van der Waals surface area contributed by atoms with Crippen molar-refractivity contribution in [3.05, 3.63) is 46.9 Å². The molecule has 1 saturated heterocycles. The number of carbonyl (C=O) groups is 2. The molecule has 3 aliphatic rings. The first-order valence-corrected chi connectivity index (χ1v) is 10.4. The smallest absolute Gasteiger partial charge is 0.268 e. The minimum Gasteiger partial charge on any atom is -0.479 e. The van der Waals surface area contributed by atoms with E-state index in [0.717, 1.165) is 12.8 Å². The molecule has 0 unspecified atom stereocenters. The van der Waals surface area contributed by atoms with Gasteiger partial charge in [-0.05, 0) is 42.9 Å². The van der Waals surface area contributed by atoms with Crippen molar-refractivity contribution in [1.29, 1.82) is 5.26 Å². The fourth-order valence-electron chi connectivity index (χ4n) is 4.01. The van der Waals surface area contributed by atoms with Crippen LogP contribution in [0.4, 0.5) is 10.1 Å². The number of nitrogens with zero attached hydrogens (tertiary/aromatic N) is 3. The van der Waals surface area contributed by atoms with Crippen molar-refractivity contribution in [2.45, 2.75) is 38.2 Å². The molecular formula is C23H20FN3O4. The van der Waals surface area contributed by atoms with Gasteiger partial charge in [0.25, 0.3) is 5.91 Å². The number of Topliss-reactive ketones (excluding diaryl/α,β-unsaturated/α-hetero) is 1. The van der Waals surface area contributed by atoms with E-state index in [4.69, 9.17) is 9.47 Å². The van der Waals surface area contributed by atoms with E-state index in [1.54, 1.807) is 6.07 Å². The predicted molar refractivity (Wildman–Crippen MR) is 108 cm³/mol. The third kappa shape index (κ3) is 3.72. The lowest BCUT2D eigenvalue weighted by Gasteiger charge is -2.18. The number of hydrogen-bond donors (Lipinski definition) is 0. The number of nitriles is 1. The summed E-state index contributed by atoms with van der Waals surface area (Å²) in [6.07, 6.45) is 4.01. The third-order valence-electron chi connectivity index (χ3n) is 5.93. The van der Waals surface area contributed by atoms with E-state index in [9.17, 15) is 19.2 Å². The van der Waals surface area contributed by atoms with Crippen molar-refractivity contribution >= 4 is 17.4 Å². The molecule has 1 atom stereocenters. The predicted octanol–water partition coefficient (Wildman–Crippen LogP) is 3.19. The van der Waals surface area contributed by atoms with Gasteiger partial charge < -0.3 is 14.4 Å². The molecule has 0 N–H and O–H groups in total. The van der Waals surface area contributed by atoms with E-state index in [2.05, 4.69) is 4.98 Å². The van der Waals surface area contributed by atoms with Crippen LogP contribution in [-0.2, 0) is 11.2 Å². The largest absolute Gasteiger partial charge is 0.479 e. The molecule has 8 heteroatoms. The third-order valence-corrected chi connectivity index (χ3v) is 5.93. The second-order valence-electron chi connectivity index (χ2n) is 8.15. The molecule has 7 nitrogen and oxygen atoms in total. The lowest BCUT2D eigenvalue weighted by atomic mass is 10.1. The molecule has 31 heavy (non-hydrogen) atoms. The minimum atomic E-state index is -0.779. The van der Waals surface area contributed by atoms with Crippen LogP contribution in [0.15, 0.2) is 24.4 Å². The van der Waals surface area contributed by atoms with E-state index in [-0.39, 0.29) is 23.1 Å². The maximum atomic E-state index is 14.4. The molecule has 1 aliphatic heterocycles. The summed E-state index contributed by atoms with van der Waals surface area (Å²) in [6, 6.07) is 6.46. The molecule has 2 heterocycles. The van der Waals surface area contributed by atoms with Gasteiger partial charge in [0.15, 0.2) is 11.9 Å². The van der Waals surface area contributed by atoms with Gasteiger partial charge in [0.1, 0.15) is 23.2 Å². The van der Waals surface area contributed by atoms with Crippen LogP contribution in [0.3, 0.4) is 0 Å². The Hall–Kier alpha value is -3.47. The Morgan fingerprint density at radius 1 is 1.19 bits per heavy atom. The van der Waals surface area contributed by atoms with E-state index in [1.165, 1.54) is 23.2 Å². The van der Waals surface area contributed by atoms with Gasteiger partial charge in [0, 0.05) is 36.7 Å². The summed E-state index contributed by atoms with van der Waals surface area (Å²) >= 11 is 0. The van der Waals surface area contributed by atoms with E-state index >= 15 is 0 Å². The first-order valence-electron chi connectivity index (χ1n) is 10.4. The van der Waals surface area contributed by atoms with Crippen molar-refractivity contribution in [2.75, 3.05) is 18.1 Å². The van der Waals surface area contributed by atoms with Crippen LogP contribution in [-0.4, -0.2) is 35.9 Å². The van der Waals surface area contributed by atoms with Crippen molar-refractivity contribution in [1.82, 2.24) is 4.98 Å². The summed E-state index contributed by atoms with van der Waals surface area (Å²) in [4.78, 5) is 30.5. The summed E-state index contributed by atoms with van der Waals surface area (Å²) in [7, 11) is 0. The van der Waals surface area contributed by atoms with Crippen LogP contribution >= 0.6 is 0 Å². The summed E-state index contributed by atoms with van der Waals surface area (Å²) in [6.45, 7) is 0.884. The highest BCUT2D eigenvalue weighted by atomic mass is 19.1. The number of ketones is 1. The topological polar surface area (TPSA) is 92.5 Å². The maximum absolute atomic E-state index is 14.4. The number of hydrogen-bond acceptors (Lipinski definition) is 6. The number of amides is 1. The maximum Gasteiger partial charge on any atom is 0.268 e. The average molecular weight is 421 g/mol. The van der Waals surface area contributed by atoms with E-state index in [0.29, 0.717) is 60.9 Å². The number of halogens is 1. The zero-order chi connectivity index (χ0) is 21.5. The highest BCUT2D eigenvalue weighted by molar-refractivity contribution is 6.04. The Morgan fingerprint density at radius 2 is 2.03 bits per heavy atom. The zero-order valence-electron chi connectivity index (χ0n) is 16.8. The monoisotopic (exact) mass is 421 g/mol. The van der Waals surface area contributed by atoms with Gasteiger partial charge in [-0.1, -0.05) is 0 Å². The Balaban J connectivity index is 1.30. The van der Waals surface area contributed by atoms with Crippen LogP contribution in [0.5, 0.6) is 11.6 Å². The van der Waals surface area contributed by atoms with Crippen LogP contribution in [0.2, 0.25) is 0 Å². The number of rotatable bonds is 6. The summed E-state index contributed by atoms with van der Waals surface area (Å²) in [5.41, 5.74) is 1.39. The van der Waals surface area contributed by atoms with Gasteiger partial charge in [0.05, 0.1) is 12.8 Å². The zero-order valence-corrected chi connectivity index (χ0v) is 16.8. The van der Waals surface area contributed by atoms with Crippen LogP contribution in [0.25, 0.3) is 0 Å². The lowest BCUT2D eigenvalue weighted by molar-refractivity contribution is -0.122. The summed E-state index contributed by atoms with van der Waals surface area (Å²) < 4.78 is 25.8. The minimum absolute atomic E-state index is 0.103. The number of benzene rings is 1. The van der Waals surface area contributed by atoms with Gasteiger partial charge in [-0.15, -0.1) is 0 Å². The Kier molecular flexibility index (Phi) is 4.81. The standard InChI is InChI=1S/C23H20FN3O4/c24-19-9-15(8-18-17(19)3-4-20(18)28)27-6-5-21(23(27)29)31-16-7-14(10-25)22(26-11-16)30-12-13-1-2-13/h7-9,11,13,21H,1-6,12H2/t21-/m1/s1. The van der Waals surface area contributed by atoms with Gasteiger partial charge >= 0.3 is 0 Å². The van der Waals surface area contributed by atoms with Crippen molar-refractivity contribution in [3.8, 4) is 17.7 Å². The first kappa shape index (κ1) is 19.5. The number of aromatic nitrogens is 1. The number of fused-ring (bicyclic) bond motifs is 1. The van der Waals surface area contributed by atoms with Gasteiger partial charge in [-0.3, -0.25) is 9.59 Å². The van der Waals surface area contributed by atoms with Crippen LogP contribution in [0.1, 0.15) is 47.2 Å². The molecule has 5 rings (SSSR count). The molecule has 1 aromatic carbocycles. The van der Waals surface area contributed by atoms with E-state index < -0.39 is 11.9 Å². The molecule has 2 aliphatic carbocycles. The Labute approximate surface area is 178 Å². The Bertz CT molecular complexity index is 1120. The molecule has 158 valence electrons. The quantitative estimate of drug-likeness (QED) is 0.711. The number of carbonyl (C=O) groups excluding carboxylic acids is 2. The average Bonchev–Trinajstić information content (AvgIpc) is 3.43. The van der Waals surface area contributed by atoms with Crippen molar-refractivity contribution < 1.29 is 23.5 Å². The molecule has 0 spiro atoms. The van der Waals surface area contributed by atoms with Gasteiger partial charge in [0.2, 0.25) is 5.88 Å². The first-order chi connectivity index (χ1) is 15.0. The van der Waals surface area contributed by atoms with Gasteiger partial charge in [-0.2, -0.15) is 5.26 Å². The van der Waals surface area contributed by atoms with Gasteiger partial charge in [-0.25, -0.2) is 9.37 Å². The van der Waals surface area contributed by atoms with Crippen LogP contribution in [0, 0.1) is 23.1 Å². The second kappa shape index (κ2) is 7.65. The summed E-state index contributed by atoms with van der Waals surface area (Å²) in [5.74, 6) is 0.211. The molecule has 2 aromatic rings. The Morgan fingerprint density at radius 3 is 2.81 bits per heavy atom. The number of pyridine rings is 1. The number of anilines is 1. The van der Waals surface area contributed by atoms with Crippen molar-refractivity contribution in [3.63, 3.8) is 0 Å². The highest BCUT2D eigenvalue weighted by Crippen LogP contribution is 2.33. The lowest BCUT2D eigenvalue weighted by Crippen LogP contribution is -2.32. The van der Waals surface area contributed by atoms with Crippen molar-refractivity contribution in [2.24, 2.45) is 5.92 Å². The number of ether oxygens (including phenoxy) is 2. The SMILES string of the molecule is N#Cc1cc(O[C@@H]2CCN(c3cc(F)c4c(c3)C(=O)CC4)C2=O)cnc1OCC1CC1. The van der Waals surface area contributed by atoms with Crippen LogP contribution < -0.4 is 14.4 Å². The van der Waals surface area contributed by atoms with E-state index in [1.807, 2.05) is 6.07 Å². The highest BCUT2D eigenvalue weighted by Gasteiger charge is 2.36. The summed E-state index contributed by atoms with van der Waals surface area (Å²) in [5, 5.41) is 9.39. The fraction of sp³-hybridized carbons (Fsp3) is 0.391. The fourth-order valence-corrected chi connectivity index (χ4v) is 4.01. The second-order valence-corrected chi connectivity index (χ2v) is 8.15. The molecule has 2 fully saturated rings. The molecule has 0 radical (unpaired) electrons.